The molecule has 3 aromatic rings. The van der Waals surface area contributed by atoms with Gasteiger partial charge in [-0.1, -0.05) is 23.7 Å². The van der Waals surface area contributed by atoms with Gasteiger partial charge in [0, 0.05) is 30.2 Å². The monoisotopic (exact) mass is 432 g/mol. The number of piperazine rings is 1. The first kappa shape index (κ1) is 20.2. The van der Waals surface area contributed by atoms with Gasteiger partial charge in [-0.05, 0) is 57.5 Å². The molecule has 2 aromatic carbocycles. The largest absolute Gasteiger partial charge is 0.367 e. The number of anilines is 1. The molecular weight excluding hydrogens is 408 g/mol. The van der Waals surface area contributed by atoms with Gasteiger partial charge in [0.15, 0.2) is 0 Å². The molecule has 1 aromatic heterocycles. The maximum atomic E-state index is 13.5. The zero-order valence-corrected chi connectivity index (χ0v) is 18.5. The zero-order valence-electron chi connectivity index (χ0n) is 17.0. The highest BCUT2D eigenvalue weighted by molar-refractivity contribution is 7.90. The predicted molar refractivity (Wildman–Crippen MR) is 118 cm³/mol. The molecular formula is C21H25ClN4O2S. The molecule has 1 N–H and O–H groups in total. The third-order valence-electron chi connectivity index (χ3n) is 5.41. The van der Waals surface area contributed by atoms with Crippen molar-refractivity contribution in [2.24, 2.45) is 0 Å². The SMILES string of the molecule is Cc1c(Cl)cccc1S(=O)(=O)n1c(C)nc2c(N3C[C@@H](C)N[C@@H](C)C3)cccc21. The second kappa shape index (κ2) is 7.31. The molecule has 1 fully saturated rings. The summed E-state index contributed by atoms with van der Waals surface area (Å²) in [6.07, 6.45) is 0. The van der Waals surface area contributed by atoms with Crippen molar-refractivity contribution in [2.45, 2.75) is 44.7 Å². The van der Waals surface area contributed by atoms with Gasteiger partial charge in [-0.15, -0.1) is 0 Å². The summed E-state index contributed by atoms with van der Waals surface area (Å²) in [5.41, 5.74) is 2.78. The van der Waals surface area contributed by atoms with Crippen LogP contribution in [0.4, 0.5) is 5.69 Å². The first-order valence-corrected chi connectivity index (χ1v) is 11.5. The number of fused-ring (bicyclic) bond motifs is 1. The quantitative estimate of drug-likeness (QED) is 0.683. The summed E-state index contributed by atoms with van der Waals surface area (Å²) in [4.78, 5) is 7.15. The number of nitrogens with one attached hydrogen (secondary N) is 1. The van der Waals surface area contributed by atoms with Crippen LogP contribution in [-0.4, -0.2) is 42.5 Å². The Morgan fingerprint density at radius 2 is 1.72 bits per heavy atom. The lowest BCUT2D eigenvalue weighted by molar-refractivity contribution is 0.407. The van der Waals surface area contributed by atoms with Gasteiger partial charge >= 0.3 is 0 Å². The van der Waals surface area contributed by atoms with Crippen LogP contribution in [0, 0.1) is 13.8 Å². The van der Waals surface area contributed by atoms with Crippen LogP contribution in [0.15, 0.2) is 41.3 Å². The fourth-order valence-electron chi connectivity index (χ4n) is 4.23. The van der Waals surface area contributed by atoms with Gasteiger partial charge < -0.3 is 10.2 Å². The minimum absolute atomic E-state index is 0.197. The summed E-state index contributed by atoms with van der Waals surface area (Å²) in [6, 6.07) is 11.3. The molecule has 4 rings (SSSR count). The van der Waals surface area contributed by atoms with E-state index in [2.05, 4.69) is 29.0 Å². The Labute approximate surface area is 176 Å². The van der Waals surface area contributed by atoms with Gasteiger partial charge in [-0.25, -0.2) is 17.4 Å². The third kappa shape index (κ3) is 3.41. The van der Waals surface area contributed by atoms with E-state index in [4.69, 9.17) is 11.6 Å². The van der Waals surface area contributed by atoms with Crippen LogP contribution in [0.1, 0.15) is 25.2 Å². The number of hydrogen-bond acceptors (Lipinski definition) is 5. The average molecular weight is 433 g/mol. The van der Waals surface area contributed by atoms with Crippen molar-refractivity contribution >= 4 is 38.3 Å². The molecule has 29 heavy (non-hydrogen) atoms. The number of para-hydroxylation sites is 1. The first-order valence-electron chi connectivity index (χ1n) is 9.70. The van der Waals surface area contributed by atoms with Crippen molar-refractivity contribution < 1.29 is 8.42 Å². The van der Waals surface area contributed by atoms with Crippen molar-refractivity contribution in [3.05, 3.63) is 52.8 Å². The summed E-state index contributed by atoms with van der Waals surface area (Å²) in [5.74, 6) is 0.433. The smallest absolute Gasteiger partial charge is 0.270 e. The molecule has 2 atom stereocenters. The Hall–Kier alpha value is -2.09. The zero-order chi connectivity index (χ0) is 20.9. The highest BCUT2D eigenvalue weighted by Crippen LogP contribution is 2.32. The lowest BCUT2D eigenvalue weighted by Crippen LogP contribution is -2.54. The van der Waals surface area contributed by atoms with E-state index in [-0.39, 0.29) is 4.90 Å². The topological polar surface area (TPSA) is 67.2 Å². The molecule has 0 radical (unpaired) electrons. The van der Waals surface area contributed by atoms with E-state index in [0.29, 0.717) is 39.5 Å². The summed E-state index contributed by atoms with van der Waals surface area (Å²) in [6.45, 7) is 9.44. The summed E-state index contributed by atoms with van der Waals surface area (Å²) < 4.78 is 28.4. The second-order valence-corrected chi connectivity index (χ2v) is 9.97. The molecule has 0 saturated carbocycles. The molecule has 8 heteroatoms. The summed E-state index contributed by atoms with van der Waals surface area (Å²) in [7, 11) is -3.84. The van der Waals surface area contributed by atoms with Gasteiger partial charge in [0.2, 0.25) is 0 Å². The van der Waals surface area contributed by atoms with E-state index >= 15 is 0 Å². The van der Waals surface area contributed by atoms with Gasteiger partial charge in [0.05, 0.1) is 16.1 Å². The van der Waals surface area contributed by atoms with E-state index in [9.17, 15) is 8.42 Å². The first-order chi connectivity index (χ1) is 13.7. The Kier molecular flexibility index (Phi) is 5.09. The number of benzene rings is 2. The molecule has 0 bridgehead atoms. The summed E-state index contributed by atoms with van der Waals surface area (Å²) >= 11 is 6.19. The van der Waals surface area contributed by atoms with Crippen LogP contribution in [0.5, 0.6) is 0 Å². The molecule has 1 aliphatic rings. The number of nitrogens with zero attached hydrogens (tertiary/aromatic N) is 3. The second-order valence-electron chi connectivity index (χ2n) is 7.81. The van der Waals surface area contributed by atoms with E-state index in [1.165, 1.54) is 3.97 Å². The highest BCUT2D eigenvalue weighted by Gasteiger charge is 2.28. The Morgan fingerprint density at radius 1 is 1.07 bits per heavy atom. The van der Waals surface area contributed by atoms with Gasteiger partial charge in [0.25, 0.3) is 10.0 Å². The van der Waals surface area contributed by atoms with E-state index in [1.807, 2.05) is 18.2 Å². The number of rotatable bonds is 3. The Morgan fingerprint density at radius 3 is 2.41 bits per heavy atom. The van der Waals surface area contributed by atoms with Crippen LogP contribution in [0.3, 0.4) is 0 Å². The van der Waals surface area contributed by atoms with Crippen LogP contribution < -0.4 is 10.2 Å². The molecule has 0 amide bonds. The number of aromatic nitrogens is 2. The molecule has 0 unspecified atom stereocenters. The number of aryl methyl sites for hydroxylation is 1. The molecule has 1 aliphatic heterocycles. The lowest BCUT2D eigenvalue weighted by atomic mass is 10.1. The Bertz CT molecular complexity index is 1180. The summed E-state index contributed by atoms with van der Waals surface area (Å²) in [5, 5.41) is 3.95. The van der Waals surface area contributed by atoms with Crippen molar-refractivity contribution in [2.75, 3.05) is 18.0 Å². The number of imidazole rings is 1. The van der Waals surface area contributed by atoms with Crippen molar-refractivity contribution in [3.63, 3.8) is 0 Å². The van der Waals surface area contributed by atoms with Gasteiger partial charge in [0.1, 0.15) is 11.3 Å². The van der Waals surface area contributed by atoms with Crippen molar-refractivity contribution in [1.82, 2.24) is 14.3 Å². The van der Waals surface area contributed by atoms with Crippen LogP contribution in [-0.2, 0) is 10.0 Å². The highest BCUT2D eigenvalue weighted by atomic mass is 35.5. The molecule has 2 heterocycles. The molecule has 0 spiro atoms. The number of hydrogen-bond donors (Lipinski definition) is 1. The maximum Gasteiger partial charge on any atom is 0.270 e. The normalized spacial score (nSPS) is 20.4. The van der Waals surface area contributed by atoms with Crippen molar-refractivity contribution in [3.8, 4) is 0 Å². The molecule has 0 aliphatic carbocycles. The van der Waals surface area contributed by atoms with E-state index < -0.39 is 10.0 Å². The van der Waals surface area contributed by atoms with Crippen LogP contribution in [0.25, 0.3) is 11.0 Å². The number of halogens is 1. The standard InChI is InChI=1S/C21H25ClN4O2S/c1-13-11-25(12-14(2)23-13)18-8-6-9-19-21(18)24-16(4)26(19)29(27,28)20-10-5-7-17(22)15(20)3/h5-10,13-14,23H,11-12H2,1-4H3/t13-,14+. The van der Waals surface area contributed by atoms with Crippen LogP contribution >= 0.6 is 11.6 Å². The minimum atomic E-state index is -3.84. The fraction of sp³-hybridized carbons (Fsp3) is 0.381. The predicted octanol–water partition coefficient (Wildman–Crippen LogP) is 3.73. The fourth-order valence-corrected chi connectivity index (χ4v) is 6.20. The molecule has 1 saturated heterocycles. The maximum absolute atomic E-state index is 13.5. The molecule has 154 valence electrons. The van der Waals surface area contributed by atoms with Gasteiger partial charge in [-0.3, -0.25) is 0 Å². The lowest BCUT2D eigenvalue weighted by Gasteiger charge is -2.37. The van der Waals surface area contributed by atoms with Crippen LogP contribution in [0.2, 0.25) is 5.02 Å². The Balaban J connectivity index is 1.90. The minimum Gasteiger partial charge on any atom is -0.367 e. The average Bonchev–Trinajstić information content (AvgIpc) is 2.99. The molecule has 6 nitrogen and oxygen atoms in total. The van der Waals surface area contributed by atoms with E-state index in [1.54, 1.807) is 32.0 Å². The van der Waals surface area contributed by atoms with E-state index in [0.717, 1.165) is 18.8 Å². The van der Waals surface area contributed by atoms with Crippen molar-refractivity contribution in [1.29, 1.82) is 0 Å². The van der Waals surface area contributed by atoms with Gasteiger partial charge in [-0.2, -0.15) is 0 Å². The third-order valence-corrected chi connectivity index (χ3v) is 7.76.